The zero-order valence-electron chi connectivity index (χ0n) is 10.1. The minimum Gasteiger partial charge on any atom is -0.456 e. The van der Waals surface area contributed by atoms with Crippen molar-refractivity contribution in [3.05, 3.63) is 59.0 Å². The highest BCUT2D eigenvalue weighted by Crippen LogP contribution is 2.46. The van der Waals surface area contributed by atoms with Crippen LogP contribution in [0.25, 0.3) is 32.4 Å². The molecule has 0 amide bonds. The van der Waals surface area contributed by atoms with Crippen LogP contribution in [0, 0.1) is 0 Å². The first-order valence-corrected chi connectivity index (χ1v) is 7.29. The van der Waals surface area contributed by atoms with E-state index in [0.29, 0.717) is 0 Å². The maximum Gasteiger partial charge on any atom is 0.140 e. The summed E-state index contributed by atoms with van der Waals surface area (Å²) in [6.45, 7) is 0. The first kappa shape index (κ1) is 9.82. The van der Waals surface area contributed by atoms with Crippen LogP contribution in [0.15, 0.2) is 52.3 Å². The second-order valence-electron chi connectivity index (χ2n) is 5.02. The quantitative estimate of drug-likeness (QED) is 0.373. The summed E-state index contributed by atoms with van der Waals surface area (Å²) in [6, 6.07) is 14.9. The number of thiophene rings is 1. The molecule has 1 aliphatic rings. The summed E-state index contributed by atoms with van der Waals surface area (Å²) in [7, 11) is 0. The van der Waals surface area contributed by atoms with Gasteiger partial charge in [0.15, 0.2) is 0 Å². The molecule has 1 nitrogen and oxygen atoms in total. The third kappa shape index (κ3) is 1.15. The van der Waals surface area contributed by atoms with Crippen LogP contribution in [0.2, 0.25) is 0 Å². The molecule has 2 aromatic heterocycles. The van der Waals surface area contributed by atoms with Gasteiger partial charge in [0, 0.05) is 38.4 Å². The number of fused-ring (bicyclic) bond motifs is 4. The van der Waals surface area contributed by atoms with Crippen LogP contribution in [0.1, 0.15) is 11.1 Å². The number of furan rings is 1. The molecule has 0 aliphatic heterocycles. The Labute approximate surface area is 114 Å². The lowest BCUT2D eigenvalue weighted by molar-refractivity contribution is 0.628. The second-order valence-corrected chi connectivity index (χ2v) is 5.93. The van der Waals surface area contributed by atoms with Crippen LogP contribution >= 0.6 is 11.3 Å². The second kappa shape index (κ2) is 3.28. The molecule has 0 N–H and O–H groups in total. The van der Waals surface area contributed by atoms with Gasteiger partial charge in [0.1, 0.15) is 11.3 Å². The minimum atomic E-state index is 0.980. The van der Waals surface area contributed by atoms with Crippen molar-refractivity contribution < 1.29 is 4.42 Å². The zero-order chi connectivity index (χ0) is 12.4. The van der Waals surface area contributed by atoms with Crippen LogP contribution in [-0.4, -0.2) is 0 Å². The lowest BCUT2D eigenvalue weighted by Gasteiger charge is -2.12. The Bertz CT molecular complexity index is 942. The van der Waals surface area contributed by atoms with Crippen molar-refractivity contribution in [1.29, 1.82) is 0 Å². The number of para-hydroxylation sites is 1. The highest BCUT2D eigenvalue weighted by Gasteiger charge is 2.24. The third-order valence-corrected chi connectivity index (χ3v) is 4.94. The van der Waals surface area contributed by atoms with Crippen molar-refractivity contribution in [2.75, 3.05) is 0 Å². The van der Waals surface area contributed by atoms with Crippen LogP contribution in [0.5, 0.6) is 0 Å². The molecule has 0 spiro atoms. The molecule has 0 unspecified atom stereocenters. The van der Waals surface area contributed by atoms with E-state index in [-0.39, 0.29) is 0 Å². The molecule has 0 saturated carbocycles. The molecule has 2 aromatic carbocycles. The van der Waals surface area contributed by atoms with E-state index in [1.54, 1.807) is 11.3 Å². The SMILES string of the molecule is c1ccc2c3c(oc2c1)-c1csc2cccc(c12)C3. The van der Waals surface area contributed by atoms with E-state index in [4.69, 9.17) is 4.42 Å². The van der Waals surface area contributed by atoms with Crippen LogP contribution in [-0.2, 0) is 6.42 Å². The fourth-order valence-corrected chi connectivity index (χ4v) is 4.14. The molecule has 0 atom stereocenters. The van der Waals surface area contributed by atoms with Gasteiger partial charge in [-0.25, -0.2) is 0 Å². The average Bonchev–Trinajstić information content (AvgIpc) is 3.02. The zero-order valence-corrected chi connectivity index (χ0v) is 11.0. The van der Waals surface area contributed by atoms with Gasteiger partial charge in [-0.1, -0.05) is 30.3 Å². The summed E-state index contributed by atoms with van der Waals surface area (Å²) in [5.41, 5.74) is 5.04. The van der Waals surface area contributed by atoms with Gasteiger partial charge in [-0.15, -0.1) is 11.3 Å². The molecule has 0 saturated heterocycles. The lowest BCUT2D eigenvalue weighted by atomic mass is 9.90. The fourth-order valence-electron chi connectivity index (χ4n) is 3.16. The maximum absolute atomic E-state index is 6.10. The summed E-state index contributed by atoms with van der Waals surface area (Å²) in [6.07, 6.45) is 0.980. The van der Waals surface area contributed by atoms with Gasteiger partial charge in [-0.3, -0.25) is 0 Å². The predicted molar refractivity (Wildman–Crippen MR) is 79.8 cm³/mol. The normalized spacial score (nSPS) is 13.1. The molecule has 19 heavy (non-hydrogen) atoms. The molecule has 4 aromatic rings. The minimum absolute atomic E-state index is 0.980. The maximum atomic E-state index is 6.10. The number of hydrogen-bond acceptors (Lipinski definition) is 2. The van der Waals surface area contributed by atoms with Crippen molar-refractivity contribution >= 4 is 32.4 Å². The molecule has 1 aliphatic carbocycles. The monoisotopic (exact) mass is 262 g/mol. The van der Waals surface area contributed by atoms with E-state index in [1.165, 1.54) is 32.2 Å². The topological polar surface area (TPSA) is 13.1 Å². The highest BCUT2D eigenvalue weighted by atomic mass is 32.1. The lowest BCUT2D eigenvalue weighted by Crippen LogP contribution is -1.96. The van der Waals surface area contributed by atoms with Crippen LogP contribution in [0.4, 0.5) is 0 Å². The largest absolute Gasteiger partial charge is 0.456 e. The van der Waals surface area contributed by atoms with E-state index in [1.807, 2.05) is 6.07 Å². The van der Waals surface area contributed by atoms with E-state index in [9.17, 15) is 0 Å². The molecule has 0 bridgehead atoms. The molecule has 0 fully saturated rings. The van der Waals surface area contributed by atoms with Crippen LogP contribution < -0.4 is 0 Å². The smallest absolute Gasteiger partial charge is 0.140 e. The van der Waals surface area contributed by atoms with Gasteiger partial charge in [0.25, 0.3) is 0 Å². The Hall–Kier alpha value is -2.06. The fraction of sp³-hybridized carbons (Fsp3) is 0.0588. The summed E-state index contributed by atoms with van der Waals surface area (Å²) in [4.78, 5) is 0. The summed E-state index contributed by atoms with van der Waals surface area (Å²) in [5.74, 6) is 1.08. The number of rotatable bonds is 0. The third-order valence-electron chi connectivity index (χ3n) is 4.00. The average molecular weight is 262 g/mol. The Balaban J connectivity index is 1.99. The summed E-state index contributed by atoms with van der Waals surface area (Å²) in [5, 5.41) is 4.87. The summed E-state index contributed by atoms with van der Waals surface area (Å²) >= 11 is 1.81. The van der Waals surface area contributed by atoms with Gasteiger partial charge in [-0.05, 0) is 17.7 Å². The highest BCUT2D eigenvalue weighted by molar-refractivity contribution is 7.17. The van der Waals surface area contributed by atoms with Gasteiger partial charge < -0.3 is 4.42 Å². The van der Waals surface area contributed by atoms with Crippen LogP contribution in [0.3, 0.4) is 0 Å². The molecule has 90 valence electrons. The van der Waals surface area contributed by atoms with Gasteiger partial charge in [0.2, 0.25) is 0 Å². The number of hydrogen-bond donors (Lipinski definition) is 0. The van der Waals surface area contributed by atoms with E-state index in [2.05, 4.69) is 41.8 Å². The molecule has 5 rings (SSSR count). The molecule has 2 heterocycles. The Kier molecular flexibility index (Phi) is 1.69. The number of benzene rings is 2. The Morgan fingerprint density at radius 2 is 1.95 bits per heavy atom. The first-order valence-electron chi connectivity index (χ1n) is 6.42. The molecule has 2 heteroatoms. The van der Waals surface area contributed by atoms with Crippen molar-refractivity contribution in [1.82, 2.24) is 0 Å². The predicted octanol–water partition coefficient (Wildman–Crippen LogP) is 5.22. The van der Waals surface area contributed by atoms with Gasteiger partial charge >= 0.3 is 0 Å². The Morgan fingerprint density at radius 3 is 2.95 bits per heavy atom. The van der Waals surface area contributed by atoms with Crippen molar-refractivity contribution in [3.8, 4) is 11.3 Å². The molecule has 0 radical (unpaired) electrons. The summed E-state index contributed by atoms with van der Waals surface area (Å²) < 4.78 is 7.46. The first-order chi connectivity index (χ1) is 9.42. The van der Waals surface area contributed by atoms with Crippen molar-refractivity contribution in [2.45, 2.75) is 6.42 Å². The van der Waals surface area contributed by atoms with E-state index < -0.39 is 0 Å². The van der Waals surface area contributed by atoms with E-state index >= 15 is 0 Å². The van der Waals surface area contributed by atoms with Gasteiger partial charge in [0.05, 0.1) is 0 Å². The van der Waals surface area contributed by atoms with Crippen molar-refractivity contribution in [3.63, 3.8) is 0 Å². The molecular weight excluding hydrogens is 252 g/mol. The Morgan fingerprint density at radius 1 is 1.00 bits per heavy atom. The van der Waals surface area contributed by atoms with Crippen molar-refractivity contribution in [2.24, 2.45) is 0 Å². The molecular formula is C17H10OS. The van der Waals surface area contributed by atoms with Gasteiger partial charge in [-0.2, -0.15) is 0 Å². The standard InChI is InChI=1S/C17H10OS/c1-2-6-14-11(5-1)12-8-10-4-3-7-15-16(10)13(9-19-15)17(12)18-14/h1-7,9H,8H2. The van der Waals surface area contributed by atoms with E-state index in [0.717, 1.165) is 17.8 Å².